The van der Waals surface area contributed by atoms with Crippen LogP contribution in [0.25, 0.3) is 5.69 Å². The maximum Gasteiger partial charge on any atom is 0.153 e. The third kappa shape index (κ3) is 2.38. The van der Waals surface area contributed by atoms with Gasteiger partial charge in [-0.05, 0) is 12.1 Å². The number of carbonyl (C=O) groups is 1. The number of aldehydes is 1. The van der Waals surface area contributed by atoms with E-state index in [1.807, 2.05) is 18.2 Å². The minimum Gasteiger partial charge on any atom is -0.378 e. The van der Waals surface area contributed by atoms with Gasteiger partial charge in [0.25, 0.3) is 0 Å². The van der Waals surface area contributed by atoms with Gasteiger partial charge in [0.2, 0.25) is 0 Å². The molecule has 0 atom stereocenters. The third-order valence-corrected chi connectivity index (χ3v) is 2.65. The van der Waals surface area contributed by atoms with Gasteiger partial charge in [-0.2, -0.15) is 5.10 Å². The van der Waals surface area contributed by atoms with E-state index < -0.39 is 0 Å². The zero-order valence-electron chi connectivity index (χ0n) is 9.26. The molecular weight excluding hydrogens is 240 g/mol. The topological polar surface area (TPSA) is 44.1 Å². The molecule has 0 saturated heterocycles. The van der Waals surface area contributed by atoms with Crippen molar-refractivity contribution < 1.29 is 9.53 Å². The first-order chi connectivity index (χ1) is 8.26. The van der Waals surface area contributed by atoms with Crippen LogP contribution < -0.4 is 0 Å². The summed E-state index contributed by atoms with van der Waals surface area (Å²) in [5.41, 5.74) is 1.84. The SMILES string of the molecule is COCc1nn(-c2ccccc2Cl)cc1C=O. The van der Waals surface area contributed by atoms with Gasteiger partial charge in [-0.1, -0.05) is 23.7 Å². The van der Waals surface area contributed by atoms with E-state index in [1.165, 1.54) is 0 Å². The second-order valence-electron chi connectivity index (χ2n) is 3.48. The van der Waals surface area contributed by atoms with E-state index in [2.05, 4.69) is 5.10 Å². The fraction of sp³-hybridized carbons (Fsp3) is 0.167. The van der Waals surface area contributed by atoms with E-state index in [1.54, 1.807) is 24.1 Å². The van der Waals surface area contributed by atoms with Crippen LogP contribution in [0.4, 0.5) is 0 Å². The zero-order chi connectivity index (χ0) is 12.3. The number of para-hydroxylation sites is 1. The number of hydrogen-bond donors (Lipinski definition) is 0. The highest BCUT2D eigenvalue weighted by molar-refractivity contribution is 6.32. The van der Waals surface area contributed by atoms with Gasteiger partial charge in [0.15, 0.2) is 6.29 Å². The standard InChI is InChI=1S/C12H11ClN2O2/c1-17-8-11-9(7-16)6-15(14-11)12-5-3-2-4-10(12)13/h2-7H,8H2,1H3. The molecule has 1 aromatic heterocycles. The molecule has 0 saturated carbocycles. The summed E-state index contributed by atoms with van der Waals surface area (Å²) in [7, 11) is 1.56. The van der Waals surface area contributed by atoms with Gasteiger partial charge < -0.3 is 4.74 Å². The smallest absolute Gasteiger partial charge is 0.153 e. The molecular formula is C12H11ClN2O2. The van der Waals surface area contributed by atoms with E-state index in [0.717, 1.165) is 12.0 Å². The summed E-state index contributed by atoms with van der Waals surface area (Å²) in [5.74, 6) is 0. The quantitative estimate of drug-likeness (QED) is 0.783. The van der Waals surface area contributed by atoms with Crippen molar-refractivity contribution >= 4 is 17.9 Å². The molecule has 0 radical (unpaired) electrons. The summed E-state index contributed by atoms with van der Waals surface area (Å²) in [6.07, 6.45) is 2.40. The van der Waals surface area contributed by atoms with Crippen LogP contribution in [0, 0.1) is 0 Å². The van der Waals surface area contributed by atoms with E-state index in [-0.39, 0.29) is 0 Å². The van der Waals surface area contributed by atoms with Crippen molar-refractivity contribution in [2.75, 3.05) is 7.11 Å². The van der Waals surface area contributed by atoms with Crippen molar-refractivity contribution in [3.8, 4) is 5.69 Å². The van der Waals surface area contributed by atoms with E-state index in [9.17, 15) is 4.79 Å². The molecule has 2 aromatic rings. The molecule has 0 N–H and O–H groups in total. The lowest BCUT2D eigenvalue weighted by Crippen LogP contribution is -1.97. The largest absolute Gasteiger partial charge is 0.378 e. The van der Waals surface area contributed by atoms with Crippen molar-refractivity contribution in [3.63, 3.8) is 0 Å². The predicted octanol–water partition coefficient (Wildman–Crippen LogP) is 2.48. The number of halogens is 1. The number of benzene rings is 1. The fourth-order valence-electron chi connectivity index (χ4n) is 1.53. The molecule has 17 heavy (non-hydrogen) atoms. The highest BCUT2D eigenvalue weighted by atomic mass is 35.5. The summed E-state index contributed by atoms with van der Waals surface area (Å²) >= 11 is 6.06. The first kappa shape index (κ1) is 11.8. The number of carbonyl (C=O) groups excluding carboxylic acids is 1. The Morgan fingerprint density at radius 3 is 2.88 bits per heavy atom. The van der Waals surface area contributed by atoms with Gasteiger partial charge in [0.1, 0.15) is 0 Å². The summed E-state index contributed by atoms with van der Waals surface area (Å²) in [6, 6.07) is 7.31. The number of nitrogens with zero attached hydrogens (tertiary/aromatic N) is 2. The molecule has 5 heteroatoms. The van der Waals surface area contributed by atoms with Crippen molar-refractivity contribution in [2.45, 2.75) is 6.61 Å². The maximum atomic E-state index is 10.9. The van der Waals surface area contributed by atoms with Crippen molar-refractivity contribution in [1.82, 2.24) is 9.78 Å². The lowest BCUT2D eigenvalue weighted by atomic mass is 10.3. The molecule has 0 aliphatic rings. The average molecular weight is 251 g/mol. The van der Waals surface area contributed by atoms with Crippen LogP contribution >= 0.6 is 11.6 Å². The normalized spacial score (nSPS) is 10.5. The predicted molar refractivity (Wildman–Crippen MR) is 64.7 cm³/mol. The van der Waals surface area contributed by atoms with Gasteiger partial charge in [-0.3, -0.25) is 4.79 Å². The molecule has 0 fully saturated rings. The van der Waals surface area contributed by atoms with E-state index >= 15 is 0 Å². The Bertz CT molecular complexity index is 537. The number of hydrogen-bond acceptors (Lipinski definition) is 3. The molecule has 4 nitrogen and oxygen atoms in total. The van der Waals surface area contributed by atoms with Crippen LogP contribution in [-0.2, 0) is 11.3 Å². The van der Waals surface area contributed by atoms with Crippen molar-refractivity contribution in [3.05, 3.63) is 46.7 Å². The Morgan fingerprint density at radius 2 is 2.24 bits per heavy atom. The number of aromatic nitrogens is 2. The van der Waals surface area contributed by atoms with Crippen LogP contribution in [-0.4, -0.2) is 23.2 Å². The summed E-state index contributed by atoms with van der Waals surface area (Å²) in [6.45, 7) is 0.297. The lowest BCUT2D eigenvalue weighted by molar-refractivity contribution is 0.111. The molecule has 1 aromatic carbocycles. The van der Waals surface area contributed by atoms with Crippen molar-refractivity contribution in [1.29, 1.82) is 0 Å². The maximum absolute atomic E-state index is 10.9. The van der Waals surface area contributed by atoms with Crippen molar-refractivity contribution in [2.24, 2.45) is 0 Å². The van der Waals surface area contributed by atoms with Gasteiger partial charge >= 0.3 is 0 Å². The molecule has 1 heterocycles. The molecule has 0 bridgehead atoms. The summed E-state index contributed by atoms with van der Waals surface area (Å²) in [5, 5.41) is 4.86. The second kappa shape index (κ2) is 5.12. The Balaban J connectivity index is 2.46. The Morgan fingerprint density at radius 1 is 1.47 bits per heavy atom. The van der Waals surface area contributed by atoms with E-state index in [0.29, 0.717) is 22.9 Å². The zero-order valence-corrected chi connectivity index (χ0v) is 10.0. The number of ether oxygens (including phenoxy) is 1. The average Bonchev–Trinajstić information content (AvgIpc) is 2.73. The third-order valence-electron chi connectivity index (χ3n) is 2.33. The van der Waals surface area contributed by atoms with Crippen LogP contribution in [0.5, 0.6) is 0 Å². The van der Waals surface area contributed by atoms with Crippen LogP contribution in [0.2, 0.25) is 5.02 Å². The summed E-state index contributed by atoms with van der Waals surface area (Å²) < 4.78 is 6.57. The van der Waals surface area contributed by atoms with Gasteiger partial charge in [0, 0.05) is 13.3 Å². The monoisotopic (exact) mass is 250 g/mol. The molecule has 0 amide bonds. The minimum absolute atomic E-state index is 0.297. The van der Waals surface area contributed by atoms with E-state index in [4.69, 9.17) is 16.3 Å². The highest BCUT2D eigenvalue weighted by Gasteiger charge is 2.10. The Hall–Kier alpha value is -1.65. The van der Waals surface area contributed by atoms with Gasteiger partial charge in [0.05, 0.1) is 28.6 Å². The molecule has 0 aliphatic carbocycles. The van der Waals surface area contributed by atoms with Crippen LogP contribution in [0.3, 0.4) is 0 Å². The number of methoxy groups -OCH3 is 1. The fourth-order valence-corrected chi connectivity index (χ4v) is 1.75. The molecule has 0 unspecified atom stereocenters. The molecule has 0 spiro atoms. The molecule has 0 aliphatic heterocycles. The van der Waals surface area contributed by atoms with Gasteiger partial charge in [-0.15, -0.1) is 0 Å². The van der Waals surface area contributed by atoms with Crippen LogP contribution in [0.15, 0.2) is 30.5 Å². The van der Waals surface area contributed by atoms with Gasteiger partial charge in [-0.25, -0.2) is 4.68 Å². The molecule has 2 rings (SSSR count). The minimum atomic E-state index is 0.297. The number of rotatable bonds is 4. The Kier molecular flexibility index (Phi) is 3.56. The first-order valence-corrected chi connectivity index (χ1v) is 5.41. The second-order valence-corrected chi connectivity index (χ2v) is 3.89. The van der Waals surface area contributed by atoms with Crippen LogP contribution in [0.1, 0.15) is 16.1 Å². The first-order valence-electron chi connectivity index (χ1n) is 5.04. The lowest BCUT2D eigenvalue weighted by Gasteiger charge is -2.02. The molecule has 88 valence electrons. The summed E-state index contributed by atoms with van der Waals surface area (Å²) in [4.78, 5) is 10.9. The Labute approximate surface area is 104 Å². The highest BCUT2D eigenvalue weighted by Crippen LogP contribution is 2.20.